The smallest absolute Gasteiger partial charge is 0.387 e. The Morgan fingerprint density at radius 3 is 2.46 bits per heavy atom. The fraction of sp³-hybridized carbons (Fsp3) is 0.269. The molecule has 0 radical (unpaired) electrons. The first-order chi connectivity index (χ1) is 17.8. The molecule has 1 aromatic heterocycles. The van der Waals surface area contributed by atoms with Gasteiger partial charge in [0.2, 0.25) is 0 Å². The van der Waals surface area contributed by atoms with Crippen molar-refractivity contribution in [3.8, 4) is 17.2 Å². The summed E-state index contributed by atoms with van der Waals surface area (Å²) >= 11 is 1.15. The fourth-order valence-electron chi connectivity index (χ4n) is 4.03. The number of rotatable bonds is 8. The number of thiazole rings is 1. The Balaban J connectivity index is 1.88. The van der Waals surface area contributed by atoms with E-state index in [1.54, 1.807) is 50.3 Å². The lowest BCUT2D eigenvalue weighted by molar-refractivity contribution is -0.139. The van der Waals surface area contributed by atoms with Crippen LogP contribution in [-0.2, 0) is 9.53 Å². The van der Waals surface area contributed by atoms with Gasteiger partial charge in [0.1, 0.15) is 5.75 Å². The van der Waals surface area contributed by atoms with E-state index < -0.39 is 18.6 Å². The zero-order valence-corrected chi connectivity index (χ0v) is 21.3. The van der Waals surface area contributed by atoms with Gasteiger partial charge < -0.3 is 18.9 Å². The molecular weight excluding hydrogens is 506 g/mol. The third-order valence-corrected chi connectivity index (χ3v) is 6.63. The predicted molar refractivity (Wildman–Crippen MR) is 133 cm³/mol. The SMILES string of the molecule is CCOC(=O)C1=C(C)N=c2s/c(=C/c3ccc(OC(F)F)cc3)c(=O)n2[C@H]1c1ccc(OC)c(OC)c1. The van der Waals surface area contributed by atoms with Crippen LogP contribution in [0.5, 0.6) is 17.2 Å². The van der Waals surface area contributed by atoms with E-state index in [1.807, 2.05) is 0 Å². The first-order valence-corrected chi connectivity index (χ1v) is 12.1. The largest absolute Gasteiger partial charge is 0.493 e. The van der Waals surface area contributed by atoms with Gasteiger partial charge >= 0.3 is 12.6 Å². The summed E-state index contributed by atoms with van der Waals surface area (Å²) in [7, 11) is 3.01. The molecule has 0 bridgehead atoms. The first-order valence-electron chi connectivity index (χ1n) is 11.2. The van der Waals surface area contributed by atoms with E-state index in [-0.39, 0.29) is 23.5 Å². The van der Waals surface area contributed by atoms with E-state index in [1.165, 1.54) is 30.9 Å². The van der Waals surface area contributed by atoms with E-state index in [4.69, 9.17) is 14.2 Å². The van der Waals surface area contributed by atoms with Gasteiger partial charge in [-0.05, 0) is 55.3 Å². The topological polar surface area (TPSA) is 88.4 Å². The van der Waals surface area contributed by atoms with Crippen molar-refractivity contribution in [2.24, 2.45) is 4.99 Å². The maximum absolute atomic E-state index is 13.7. The third kappa shape index (κ3) is 5.26. The van der Waals surface area contributed by atoms with Crippen LogP contribution in [0.3, 0.4) is 0 Å². The Morgan fingerprint density at radius 2 is 1.84 bits per heavy atom. The second-order valence-electron chi connectivity index (χ2n) is 7.86. The van der Waals surface area contributed by atoms with Crippen LogP contribution in [-0.4, -0.2) is 38.0 Å². The molecular formula is C26H24F2N2O6S. The van der Waals surface area contributed by atoms with E-state index in [0.29, 0.717) is 37.7 Å². The number of carbonyl (C=O) groups excluding carboxylic acids is 1. The van der Waals surface area contributed by atoms with Gasteiger partial charge in [0.25, 0.3) is 5.56 Å². The number of alkyl halides is 2. The van der Waals surface area contributed by atoms with Crippen LogP contribution >= 0.6 is 11.3 Å². The molecule has 3 aromatic rings. The lowest BCUT2D eigenvalue weighted by Gasteiger charge is -2.25. The minimum Gasteiger partial charge on any atom is -0.493 e. The lowest BCUT2D eigenvalue weighted by Crippen LogP contribution is -2.39. The summed E-state index contributed by atoms with van der Waals surface area (Å²) in [5, 5.41) is 0. The van der Waals surface area contributed by atoms with Crippen molar-refractivity contribution in [3.63, 3.8) is 0 Å². The van der Waals surface area contributed by atoms with Crippen LogP contribution in [0.25, 0.3) is 6.08 Å². The summed E-state index contributed by atoms with van der Waals surface area (Å²) < 4.78 is 47.2. The van der Waals surface area contributed by atoms with Gasteiger partial charge in [-0.2, -0.15) is 8.78 Å². The number of hydrogen-bond acceptors (Lipinski definition) is 8. The van der Waals surface area contributed by atoms with Crippen LogP contribution in [0.4, 0.5) is 8.78 Å². The molecule has 0 fully saturated rings. The molecule has 0 amide bonds. The molecule has 1 atom stereocenters. The summed E-state index contributed by atoms with van der Waals surface area (Å²) in [5.41, 5.74) is 1.51. The minimum absolute atomic E-state index is 0.0109. The average molecular weight is 531 g/mol. The molecule has 1 aliphatic rings. The Hall–Kier alpha value is -3.99. The molecule has 0 unspecified atom stereocenters. The first kappa shape index (κ1) is 26.1. The maximum Gasteiger partial charge on any atom is 0.387 e. The summed E-state index contributed by atoms with van der Waals surface area (Å²) in [6, 6.07) is 10.3. The van der Waals surface area contributed by atoms with Gasteiger partial charge in [0.05, 0.1) is 42.7 Å². The third-order valence-electron chi connectivity index (χ3n) is 5.64. The van der Waals surface area contributed by atoms with E-state index in [9.17, 15) is 18.4 Å². The fourth-order valence-corrected chi connectivity index (χ4v) is 5.07. The molecule has 0 aliphatic carbocycles. The number of allylic oxidation sites excluding steroid dienone is 1. The molecule has 4 rings (SSSR count). The van der Waals surface area contributed by atoms with Gasteiger partial charge in [-0.1, -0.05) is 29.5 Å². The van der Waals surface area contributed by atoms with Crippen LogP contribution in [0, 0.1) is 0 Å². The average Bonchev–Trinajstić information content (AvgIpc) is 3.17. The van der Waals surface area contributed by atoms with E-state index >= 15 is 0 Å². The van der Waals surface area contributed by atoms with Gasteiger partial charge in [-0.3, -0.25) is 9.36 Å². The van der Waals surface area contributed by atoms with Crippen molar-refractivity contribution >= 4 is 23.4 Å². The number of methoxy groups -OCH3 is 2. The van der Waals surface area contributed by atoms with Crippen molar-refractivity contribution in [2.45, 2.75) is 26.5 Å². The normalized spacial score (nSPS) is 15.3. The molecule has 0 spiro atoms. The van der Waals surface area contributed by atoms with Crippen molar-refractivity contribution in [3.05, 3.63) is 84.5 Å². The quantitative estimate of drug-likeness (QED) is 0.415. The van der Waals surface area contributed by atoms with Crippen molar-refractivity contribution in [2.75, 3.05) is 20.8 Å². The molecule has 0 saturated carbocycles. The molecule has 2 heterocycles. The highest BCUT2D eigenvalue weighted by Gasteiger charge is 2.33. The van der Waals surface area contributed by atoms with Crippen molar-refractivity contribution in [1.29, 1.82) is 0 Å². The van der Waals surface area contributed by atoms with E-state index in [0.717, 1.165) is 11.3 Å². The van der Waals surface area contributed by atoms with Gasteiger partial charge in [0, 0.05) is 0 Å². The molecule has 8 nitrogen and oxygen atoms in total. The van der Waals surface area contributed by atoms with Gasteiger partial charge in [0.15, 0.2) is 16.3 Å². The molecule has 194 valence electrons. The van der Waals surface area contributed by atoms with Crippen LogP contribution in [0.2, 0.25) is 0 Å². The molecule has 0 N–H and O–H groups in total. The predicted octanol–water partition coefficient (Wildman–Crippen LogP) is 3.42. The lowest BCUT2D eigenvalue weighted by atomic mass is 9.95. The molecule has 37 heavy (non-hydrogen) atoms. The zero-order chi connectivity index (χ0) is 26.7. The number of hydrogen-bond donors (Lipinski definition) is 0. The Kier molecular flexibility index (Phi) is 7.72. The number of aromatic nitrogens is 1. The zero-order valence-electron chi connectivity index (χ0n) is 20.5. The van der Waals surface area contributed by atoms with Crippen molar-refractivity contribution in [1.82, 2.24) is 4.57 Å². The number of halogens is 2. The second kappa shape index (κ2) is 11.0. The molecule has 1 aliphatic heterocycles. The summed E-state index contributed by atoms with van der Waals surface area (Å²) in [6.07, 6.45) is 1.63. The monoisotopic (exact) mass is 530 g/mol. The number of ether oxygens (including phenoxy) is 4. The van der Waals surface area contributed by atoms with Crippen LogP contribution in [0.1, 0.15) is 31.0 Å². The Labute approximate surface area is 214 Å². The number of carbonyl (C=O) groups is 1. The highest BCUT2D eigenvalue weighted by atomic mass is 32.1. The number of nitrogens with zero attached hydrogens (tertiary/aromatic N) is 2. The van der Waals surface area contributed by atoms with Crippen LogP contribution in [0.15, 0.2) is 63.5 Å². The van der Waals surface area contributed by atoms with E-state index in [2.05, 4.69) is 9.73 Å². The van der Waals surface area contributed by atoms with Crippen molar-refractivity contribution < 1.29 is 32.5 Å². The van der Waals surface area contributed by atoms with Gasteiger partial charge in [-0.15, -0.1) is 0 Å². The maximum atomic E-state index is 13.7. The Bertz CT molecular complexity index is 1530. The number of fused-ring (bicyclic) bond motifs is 1. The molecule has 2 aromatic carbocycles. The minimum atomic E-state index is -2.93. The Morgan fingerprint density at radius 1 is 1.14 bits per heavy atom. The number of benzene rings is 2. The molecule has 11 heteroatoms. The molecule has 0 saturated heterocycles. The highest BCUT2D eigenvalue weighted by Crippen LogP contribution is 2.36. The summed E-state index contributed by atoms with van der Waals surface area (Å²) in [6.45, 7) is 0.623. The summed E-state index contributed by atoms with van der Waals surface area (Å²) in [5.74, 6) is 0.367. The number of esters is 1. The second-order valence-corrected chi connectivity index (χ2v) is 8.87. The standard InChI is InChI=1S/C26H24F2N2O6S/c1-5-35-24(32)21-14(2)29-26-30(22(21)16-8-11-18(33-3)19(13-16)34-4)23(31)20(37-26)12-15-6-9-17(10-7-15)36-25(27)28/h6-13,22,25H,5H2,1-4H3/b20-12+/t22-/m0/s1. The van der Waals surface area contributed by atoms with Gasteiger partial charge in [-0.25, -0.2) is 9.79 Å². The highest BCUT2D eigenvalue weighted by molar-refractivity contribution is 7.07. The summed E-state index contributed by atoms with van der Waals surface area (Å²) in [4.78, 5) is 31.6. The van der Waals surface area contributed by atoms with Crippen LogP contribution < -0.4 is 29.1 Å².